The fourth-order valence-corrected chi connectivity index (χ4v) is 2.70. The molecule has 0 aliphatic rings. The predicted molar refractivity (Wildman–Crippen MR) is 93.7 cm³/mol. The highest BCUT2D eigenvalue weighted by molar-refractivity contribution is 9.10. The summed E-state index contributed by atoms with van der Waals surface area (Å²) in [6.07, 6.45) is -4.60. The van der Waals surface area contributed by atoms with Crippen molar-refractivity contribution in [2.24, 2.45) is 0 Å². The van der Waals surface area contributed by atoms with Gasteiger partial charge in [-0.25, -0.2) is 0 Å². The van der Waals surface area contributed by atoms with Crippen LogP contribution in [0.4, 0.5) is 24.5 Å². The molecule has 0 spiro atoms. The van der Waals surface area contributed by atoms with E-state index < -0.39 is 11.9 Å². The first kappa shape index (κ1) is 20.0. The van der Waals surface area contributed by atoms with Crippen LogP contribution in [0.1, 0.15) is 24.7 Å². The van der Waals surface area contributed by atoms with E-state index in [1.54, 1.807) is 24.3 Å². The zero-order valence-corrected chi connectivity index (χ0v) is 15.5. The number of aromatic nitrogens is 2. The molecule has 0 saturated heterocycles. The van der Waals surface area contributed by atoms with Gasteiger partial charge in [0.2, 0.25) is 11.8 Å². The minimum Gasteiger partial charge on any atom is -0.326 e. The highest BCUT2D eigenvalue weighted by Crippen LogP contribution is 2.35. The lowest BCUT2D eigenvalue weighted by molar-refractivity contribution is -0.142. The molecule has 0 aliphatic carbocycles. The predicted octanol–water partition coefficient (Wildman–Crippen LogP) is 3.96. The molecule has 2 aromatic rings. The molecule has 0 radical (unpaired) electrons. The van der Waals surface area contributed by atoms with Gasteiger partial charge in [0, 0.05) is 24.7 Å². The number of benzene rings is 1. The number of hydrogen-bond acceptors (Lipinski definition) is 3. The van der Waals surface area contributed by atoms with Gasteiger partial charge in [-0.1, -0.05) is 0 Å². The summed E-state index contributed by atoms with van der Waals surface area (Å²) in [5.74, 6) is -0.572. The second kappa shape index (κ2) is 7.90. The number of alkyl halides is 3. The fourth-order valence-electron chi connectivity index (χ4n) is 2.19. The lowest BCUT2D eigenvalue weighted by Crippen LogP contribution is -2.16. The molecular formula is C16H16BrF3N4O2. The summed E-state index contributed by atoms with van der Waals surface area (Å²) in [4.78, 5) is 22.9. The Bertz CT molecular complexity index is 816. The van der Waals surface area contributed by atoms with E-state index in [1.165, 1.54) is 13.8 Å². The van der Waals surface area contributed by atoms with Crippen molar-refractivity contribution in [3.05, 3.63) is 40.1 Å². The first-order chi connectivity index (χ1) is 12.1. The molecule has 1 aromatic heterocycles. The van der Waals surface area contributed by atoms with E-state index in [-0.39, 0.29) is 29.3 Å². The van der Waals surface area contributed by atoms with Crippen LogP contribution in [-0.4, -0.2) is 21.6 Å². The van der Waals surface area contributed by atoms with E-state index in [2.05, 4.69) is 31.7 Å². The van der Waals surface area contributed by atoms with Crippen molar-refractivity contribution < 1.29 is 22.8 Å². The van der Waals surface area contributed by atoms with Crippen LogP contribution in [0.5, 0.6) is 0 Å². The Hall–Kier alpha value is -2.36. The average Bonchev–Trinajstić information content (AvgIpc) is 2.82. The summed E-state index contributed by atoms with van der Waals surface area (Å²) in [5, 5.41) is 8.76. The molecule has 140 valence electrons. The lowest BCUT2D eigenvalue weighted by Gasteiger charge is -2.08. The van der Waals surface area contributed by atoms with E-state index in [1.807, 2.05) is 0 Å². The van der Waals surface area contributed by atoms with Crippen molar-refractivity contribution in [3.8, 4) is 0 Å². The van der Waals surface area contributed by atoms with Crippen molar-refractivity contribution in [1.82, 2.24) is 9.78 Å². The molecule has 26 heavy (non-hydrogen) atoms. The first-order valence-electron chi connectivity index (χ1n) is 7.55. The number of amides is 2. The Balaban J connectivity index is 1.96. The van der Waals surface area contributed by atoms with Gasteiger partial charge in [0.05, 0.1) is 16.7 Å². The maximum atomic E-state index is 12.8. The second-order valence-corrected chi connectivity index (χ2v) is 6.32. The van der Waals surface area contributed by atoms with E-state index in [0.29, 0.717) is 17.1 Å². The average molecular weight is 433 g/mol. The Morgan fingerprint density at radius 2 is 1.69 bits per heavy atom. The summed E-state index contributed by atoms with van der Waals surface area (Å²) in [6.45, 7) is 2.89. The topological polar surface area (TPSA) is 76.0 Å². The van der Waals surface area contributed by atoms with Crippen molar-refractivity contribution >= 4 is 39.1 Å². The van der Waals surface area contributed by atoms with E-state index in [4.69, 9.17) is 0 Å². The van der Waals surface area contributed by atoms with Crippen LogP contribution >= 0.6 is 15.9 Å². The normalized spacial score (nSPS) is 11.3. The molecule has 0 bridgehead atoms. The molecular weight excluding hydrogens is 417 g/mol. The van der Waals surface area contributed by atoms with Gasteiger partial charge in [0.25, 0.3) is 0 Å². The summed E-state index contributed by atoms with van der Waals surface area (Å²) in [7, 11) is 0. The highest BCUT2D eigenvalue weighted by atomic mass is 79.9. The molecule has 0 atom stereocenters. The van der Waals surface area contributed by atoms with Gasteiger partial charge < -0.3 is 10.6 Å². The summed E-state index contributed by atoms with van der Waals surface area (Å²) in [5.41, 5.74) is 0.388. The SMILES string of the molecule is CC(=O)Nc1ccc(NC(=O)CCn2nc(C(F)(F)F)c(Br)c2C)cc1. The molecule has 1 heterocycles. The molecule has 2 rings (SSSR count). The maximum absolute atomic E-state index is 12.8. The Labute approximate surface area is 155 Å². The fraction of sp³-hybridized carbons (Fsp3) is 0.312. The summed E-state index contributed by atoms with van der Waals surface area (Å²) < 4.78 is 39.5. The summed E-state index contributed by atoms with van der Waals surface area (Å²) in [6, 6.07) is 6.48. The van der Waals surface area contributed by atoms with Gasteiger partial charge in [0.1, 0.15) is 0 Å². The Kier molecular flexibility index (Phi) is 6.06. The number of nitrogens with zero attached hydrogens (tertiary/aromatic N) is 2. The smallest absolute Gasteiger partial charge is 0.326 e. The molecule has 6 nitrogen and oxygen atoms in total. The zero-order chi connectivity index (χ0) is 19.5. The molecule has 10 heteroatoms. The second-order valence-electron chi connectivity index (χ2n) is 5.53. The van der Waals surface area contributed by atoms with Crippen molar-refractivity contribution in [2.75, 3.05) is 10.6 Å². The van der Waals surface area contributed by atoms with Crippen LogP contribution in [0, 0.1) is 6.92 Å². The lowest BCUT2D eigenvalue weighted by atomic mass is 10.2. The van der Waals surface area contributed by atoms with Gasteiger partial charge in [-0.3, -0.25) is 14.3 Å². The van der Waals surface area contributed by atoms with Gasteiger partial charge in [0.15, 0.2) is 5.69 Å². The molecule has 0 saturated carbocycles. The summed E-state index contributed by atoms with van der Waals surface area (Å²) >= 11 is 2.89. The number of rotatable bonds is 5. The number of halogens is 4. The van der Waals surface area contributed by atoms with Gasteiger partial charge in [-0.15, -0.1) is 0 Å². The number of carbonyl (C=O) groups excluding carboxylic acids is 2. The molecule has 2 N–H and O–H groups in total. The number of hydrogen-bond donors (Lipinski definition) is 2. The van der Waals surface area contributed by atoms with Crippen LogP contribution in [0.2, 0.25) is 0 Å². The largest absolute Gasteiger partial charge is 0.436 e. The van der Waals surface area contributed by atoms with E-state index >= 15 is 0 Å². The van der Waals surface area contributed by atoms with Crippen molar-refractivity contribution in [3.63, 3.8) is 0 Å². The quantitative estimate of drug-likeness (QED) is 0.750. The third kappa shape index (κ3) is 5.07. The van der Waals surface area contributed by atoms with Crippen molar-refractivity contribution in [2.45, 2.75) is 33.0 Å². The van der Waals surface area contributed by atoms with E-state index in [0.717, 1.165) is 4.68 Å². The van der Waals surface area contributed by atoms with Crippen LogP contribution in [-0.2, 0) is 22.3 Å². The zero-order valence-electron chi connectivity index (χ0n) is 13.9. The highest BCUT2D eigenvalue weighted by Gasteiger charge is 2.37. The minimum absolute atomic E-state index is 0.0102. The van der Waals surface area contributed by atoms with Crippen LogP contribution in [0.25, 0.3) is 0 Å². The van der Waals surface area contributed by atoms with Crippen LogP contribution in [0.3, 0.4) is 0 Å². The molecule has 2 amide bonds. The van der Waals surface area contributed by atoms with Crippen molar-refractivity contribution in [1.29, 1.82) is 0 Å². The van der Waals surface area contributed by atoms with Gasteiger partial charge in [-0.05, 0) is 47.1 Å². The third-order valence-electron chi connectivity index (χ3n) is 3.44. The number of carbonyl (C=O) groups is 2. The standard InChI is InChI=1S/C16H16BrF3N4O2/c1-9-14(17)15(16(18,19)20)23-24(9)8-7-13(26)22-12-5-3-11(4-6-12)21-10(2)25/h3-6H,7-8H2,1-2H3,(H,21,25)(H,22,26). The molecule has 0 fully saturated rings. The minimum atomic E-state index is -4.56. The Morgan fingerprint density at radius 3 is 2.15 bits per heavy atom. The maximum Gasteiger partial charge on any atom is 0.436 e. The van der Waals surface area contributed by atoms with Gasteiger partial charge >= 0.3 is 6.18 Å². The number of aryl methyl sites for hydroxylation is 1. The Morgan fingerprint density at radius 1 is 1.15 bits per heavy atom. The van der Waals surface area contributed by atoms with Crippen LogP contribution in [0.15, 0.2) is 28.7 Å². The number of nitrogens with one attached hydrogen (secondary N) is 2. The monoisotopic (exact) mass is 432 g/mol. The first-order valence-corrected chi connectivity index (χ1v) is 8.35. The third-order valence-corrected chi connectivity index (χ3v) is 4.39. The van der Waals surface area contributed by atoms with E-state index in [9.17, 15) is 22.8 Å². The van der Waals surface area contributed by atoms with Gasteiger partial charge in [-0.2, -0.15) is 18.3 Å². The molecule has 0 unspecified atom stereocenters. The number of anilines is 2. The molecule has 1 aromatic carbocycles. The molecule has 0 aliphatic heterocycles. The van der Waals surface area contributed by atoms with Crippen LogP contribution < -0.4 is 10.6 Å².